The van der Waals surface area contributed by atoms with Crippen LogP contribution in [0.5, 0.6) is 0 Å². The Labute approximate surface area is 124 Å². The van der Waals surface area contributed by atoms with E-state index in [1.807, 2.05) is 19.9 Å². The molecule has 1 aromatic rings. The first-order valence-corrected chi connectivity index (χ1v) is 6.97. The number of rotatable bonds is 7. The van der Waals surface area contributed by atoms with Crippen molar-refractivity contribution < 1.29 is 10.3 Å². The molecule has 1 atom stereocenters. The normalized spacial score (nSPS) is 15.1. The molecule has 0 spiro atoms. The summed E-state index contributed by atoms with van der Waals surface area (Å²) in [4.78, 5) is 0. The van der Waals surface area contributed by atoms with Gasteiger partial charge in [0.15, 0.2) is 5.84 Å². The molecule has 5 nitrogen and oxygen atoms in total. The molecule has 5 N–H and O–H groups in total. The van der Waals surface area contributed by atoms with Gasteiger partial charge in [-0.1, -0.05) is 42.2 Å². The maximum absolute atomic E-state index is 10.1. The summed E-state index contributed by atoms with van der Waals surface area (Å²) in [5, 5.41) is 25.3. The maximum Gasteiger partial charge on any atom is 0.170 e. The number of nitrogens with two attached hydrogens (primary N) is 1. The zero-order valence-electron chi connectivity index (χ0n) is 11.9. The van der Waals surface area contributed by atoms with Gasteiger partial charge in [-0.2, -0.15) is 0 Å². The number of amidine groups is 1. The second-order valence-corrected chi connectivity index (χ2v) is 5.55. The minimum absolute atomic E-state index is 0.0253. The van der Waals surface area contributed by atoms with Crippen LogP contribution in [0.15, 0.2) is 23.4 Å². The fourth-order valence-corrected chi connectivity index (χ4v) is 2.25. The lowest BCUT2D eigenvalue weighted by atomic mass is 10.0. The summed E-state index contributed by atoms with van der Waals surface area (Å²) in [6.07, 6.45) is 1.68. The number of hydrogen-bond acceptors (Lipinski definition) is 4. The van der Waals surface area contributed by atoms with Gasteiger partial charge in [0.25, 0.3) is 0 Å². The molecule has 0 amide bonds. The fourth-order valence-electron chi connectivity index (χ4n) is 2.00. The van der Waals surface area contributed by atoms with Crippen LogP contribution in [-0.2, 0) is 6.54 Å². The van der Waals surface area contributed by atoms with Crippen molar-refractivity contribution in [1.29, 1.82) is 0 Å². The second-order valence-electron chi connectivity index (χ2n) is 5.14. The summed E-state index contributed by atoms with van der Waals surface area (Å²) in [6, 6.07) is 5.21. The summed E-state index contributed by atoms with van der Waals surface area (Å²) >= 11 is 6.15. The quantitative estimate of drug-likeness (QED) is 0.268. The number of oxime groups is 1. The van der Waals surface area contributed by atoms with E-state index in [1.165, 1.54) is 0 Å². The monoisotopic (exact) mass is 299 g/mol. The van der Waals surface area contributed by atoms with Crippen molar-refractivity contribution in [2.24, 2.45) is 10.9 Å². The Morgan fingerprint density at radius 2 is 2.20 bits per heavy atom. The Bertz CT molecular complexity index is 475. The molecule has 0 aliphatic carbocycles. The van der Waals surface area contributed by atoms with Crippen LogP contribution in [0.4, 0.5) is 0 Å². The summed E-state index contributed by atoms with van der Waals surface area (Å²) in [6.45, 7) is 4.90. The van der Waals surface area contributed by atoms with E-state index in [4.69, 9.17) is 22.5 Å². The highest BCUT2D eigenvalue weighted by Crippen LogP contribution is 2.18. The van der Waals surface area contributed by atoms with E-state index >= 15 is 0 Å². The van der Waals surface area contributed by atoms with Crippen LogP contribution in [0.1, 0.15) is 37.8 Å². The van der Waals surface area contributed by atoms with Crippen LogP contribution in [-0.4, -0.2) is 28.3 Å². The van der Waals surface area contributed by atoms with Crippen LogP contribution in [0.2, 0.25) is 5.02 Å². The molecule has 6 heteroatoms. The van der Waals surface area contributed by atoms with Gasteiger partial charge in [-0.3, -0.25) is 0 Å². The molecule has 0 radical (unpaired) electrons. The molecule has 0 bridgehead atoms. The zero-order valence-corrected chi connectivity index (χ0v) is 12.6. The summed E-state index contributed by atoms with van der Waals surface area (Å²) in [5.41, 5.74) is 6.25. The maximum atomic E-state index is 10.1. The highest BCUT2D eigenvalue weighted by Gasteiger charge is 2.18. The van der Waals surface area contributed by atoms with Crippen LogP contribution >= 0.6 is 11.6 Å². The molecule has 0 aliphatic rings. The van der Waals surface area contributed by atoms with Crippen LogP contribution in [0.3, 0.4) is 0 Å². The first-order valence-electron chi connectivity index (χ1n) is 6.59. The Hall–Kier alpha value is -1.30. The molecule has 0 fully saturated rings. The molecule has 0 aromatic heterocycles. The number of benzene rings is 1. The third-order valence-corrected chi connectivity index (χ3v) is 3.42. The third-order valence-electron chi connectivity index (χ3n) is 3.07. The molecule has 112 valence electrons. The van der Waals surface area contributed by atoms with E-state index in [0.717, 1.165) is 18.4 Å². The van der Waals surface area contributed by atoms with Gasteiger partial charge in [0.1, 0.15) is 0 Å². The lowest BCUT2D eigenvalue weighted by Gasteiger charge is -2.23. The highest BCUT2D eigenvalue weighted by molar-refractivity contribution is 6.31. The molecule has 1 aromatic carbocycles. The first kappa shape index (κ1) is 16.8. The van der Waals surface area contributed by atoms with Crippen LogP contribution in [0.25, 0.3) is 0 Å². The molecular weight excluding hydrogens is 278 g/mol. The molecular formula is C14H22ClN3O2. The highest BCUT2D eigenvalue weighted by atomic mass is 35.5. The Morgan fingerprint density at radius 3 is 2.75 bits per heavy atom. The molecule has 0 saturated heterocycles. The predicted molar refractivity (Wildman–Crippen MR) is 81.2 cm³/mol. The van der Waals surface area contributed by atoms with E-state index in [-0.39, 0.29) is 5.84 Å². The minimum atomic E-state index is -0.713. The van der Waals surface area contributed by atoms with Crippen molar-refractivity contribution in [3.63, 3.8) is 0 Å². The molecule has 0 heterocycles. The smallest absolute Gasteiger partial charge is 0.170 e. The zero-order chi connectivity index (χ0) is 15.2. The van der Waals surface area contributed by atoms with Gasteiger partial charge in [0.2, 0.25) is 0 Å². The average molecular weight is 300 g/mol. The van der Waals surface area contributed by atoms with Crippen molar-refractivity contribution in [3.8, 4) is 0 Å². The third kappa shape index (κ3) is 5.00. The van der Waals surface area contributed by atoms with Crippen molar-refractivity contribution in [1.82, 2.24) is 5.32 Å². The van der Waals surface area contributed by atoms with Crippen LogP contribution in [0, 0.1) is 0 Å². The second kappa shape index (κ2) is 7.47. The van der Waals surface area contributed by atoms with Gasteiger partial charge in [0.05, 0.1) is 5.60 Å². The van der Waals surface area contributed by atoms with Crippen molar-refractivity contribution in [3.05, 3.63) is 34.3 Å². The lowest BCUT2D eigenvalue weighted by molar-refractivity contribution is 0.0498. The Morgan fingerprint density at radius 1 is 1.50 bits per heavy atom. The lowest BCUT2D eigenvalue weighted by Crippen LogP contribution is -2.37. The van der Waals surface area contributed by atoms with E-state index in [2.05, 4.69) is 10.5 Å². The molecule has 20 heavy (non-hydrogen) atoms. The van der Waals surface area contributed by atoms with E-state index < -0.39 is 5.60 Å². The number of aliphatic hydroxyl groups is 1. The topological polar surface area (TPSA) is 90.9 Å². The number of hydrogen-bond donors (Lipinski definition) is 4. The molecule has 1 unspecified atom stereocenters. The van der Waals surface area contributed by atoms with Crippen molar-refractivity contribution in [2.75, 3.05) is 6.54 Å². The summed E-state index contributed by atoms with van der Waals surface area (Å²) in [5.74, 6) is 0.0253. The van der Waals surface area contributed by atoms with Gasteiger partial charge in [-0.15, -0.1) is 0 Å². The number of halogens is 1. The standard InChI is InChI=1S/C14H22ClN3O2/c1-3-6-14(2,19)9-17-8-11-5-4-10(7-12(11)15)13(16)18-20/h4-5,7,17,19-20H,3,6,8-9H2,1-2H3,(H2,16,18). The number of nitrogens with one attached hydrogen (secondary N) is 1. The molecule has 1 rings (SSSR count). The van der Waals surface area contributed by atoms with Crippen LogP contribution < -0.4 is 11.1 Å². The Balaban J connectivity index is 2.62. The average Bonchev–Trinajstić information content (AvgIpc) is 2.39. The summed E-state index contributed by atoms with van der Waals surface area (Å²) in [7, 11) is 0. The van der Waals surface area contributed by atoms with Gasteiger partial charge < -0.3 is 21.4 Å². The molecule has 0 aliphatic heterocycles. The van der Waals surface area contributed by atoms with E-state index in [0.29, 0.717) is 23.7 Å². The SMILES string of the molecule is CCCC(C)(O)CNCc1ccc(/C(N)=N/O)cc1Cl. The van der Waals surface area contributed by atoms with Crippen molar-refractivity contribution in [2.45, 2.75) is 38.8 Å². The first-order chi connectivity index (χ1) is 9.39. The number of nitrogens with zero attached hydrogens (tertiary/aromatic N) is 1. The van der Waals surface area contributed by atoms with E-state index in [1.54, 1.807) is 12.1 Å². The molecule has 0 saturated carbocycles. The summed E-state index contributed by atoms with van der Waals surface area (Å²) < 4.78 is 0. The van der Waals surface area contributed by atoms with Gasteiger partial charge >= 0.3 is 0 Å². The predicted octanol–water partition coefficient (Wildman–Crippen LogP) is 2.08. The van der Waals surface area contributed by atoms with Gasteiger partial charge in [-0.25, -0.2) is 0 Å². The van der Waals surface area contributed by atoms with Gasteiger partial charge in [-0.05, 0) is 25.0 Å². The largest absolute Gasteiger partial charge is 0.409 e. The van der Waals surface area contributed by atoms with Crippen molar-refractivity contribution >= 4 is 17.4 Å². The fraction of sp³-hybridized carbons (Fsp3) is 0.500. The van der Waals surface area contributed by atoms with E-state index in [9.17, 15) is 5.11 Å². The van der Waals surface area contributed by atoms with Gasteiger partial charge in [0, 0.05) is 23.7 Å². The Kier molecular flexibility index (Phi) is 6.26. The minimum Gasteiger partial charge on any atom is -0.409 e.